The van der Waals surface area contributed by atoms with Gasteiger partial charge in [-0.05, 0) is 39.3 Å². The number of hydrogen-bond donors (Lipinski definition) is 1. The molecule has 0 aliphatic carbocycles. The van der Waals surface area contributed by atoms with Gasteiger partial charge in [0.05, 0.1) is 6.54 Å². The van der Waals surface area contributed by atoms with Gasteiger partial charge in [0, 0.05) is 43.2 Å². The van der Waals surface area contributed by atoms with Crippen LogP contribution >= 0.6 is 0 Å². The summed E-state index contributed by atoms with van der Waals surface area (Å²) in [5, 5.41) is 2.98. The molecule has 2 rings (SSSR count). The Hall–Kier alpha value is -2.32. The number of hydrogen-bond acceptors (Lipinski definition) is 3. The standard InChI is InChI=1S/C20H27N3O2/c1-20(2,3)21-18(24)16-22-12-7-13-23(15-14-22)19(25)11-10-17-8-5-4-6-9-17/h4-6,8-9H,7,12-16H2,1-3H3,(H,21,24). The number of amides is 2. The highest BCUT2D eigenvalue weighted by atomic mass is 16.2. The van der Waals surface area contributed by atoms with Crippen LogP contribution in [0.25, 0.3) is 0 Å². The molecule has 0 saturated carbocycles. The molecule has 5 nitrogen and oxygen atoms in total. The van der Waals surface area contributed by atoms with E-state index in [1.54, 1.807) is 4.90 Å². The summed E-state index contributed by atoms with van der Waals surface area (Å²) < 4.78 is 0. The van der Waals surface area contributed by atoms with E-state index in [0.29, 0.717) is 26.2 Å². The van der Waals surface area contributed by atoms with Crippen molar-refractivity contribution < 1.29 is 9.59 Å². The summed E-state index contributed by atoms with van der Waals surface area (Å²) >= 11 is 0. The maximum Gasteiger partial charge on any atom is 0.298 e. The van der Waals surface area contributed by atoms with Gasteiger partial charge in [-0.25, -0.2) is 0 Å². The third-order valence-electron chi connectivity index (χ3n) is 3.84. The Kier molecular flexibility index (Phi) is 6.60. The second kappa shape index (κ2) is 8.68. The maximum atomic E-state index is 12.3. The van der Waals surface area contributed by atoms with Gasteiger partial charge in [-0.2, -0.15) is 0 Å². The van der Waals surface area contributed by atoms with Gasteiger partial charge in [0.25, 0.3) is 5.91 Å². The van der Waals surface area contributed by atoms with Gasteiger partial charge in [0.15, 0.2) is 0 Å². The molecule has 25 heavy (non-hydrogen) atoms. The van der Waals surface area contributed by atoms with Gasteiger partial charge in [-0.1, -0.05) is 24.1 Å². The number of nitrogens with one attached hydrogen (secondary N) is 1. The highest BCUT2D eigenvalue weighted by Crippen LogP contribution is 2.05. The van der Waals surface area contributed by atoms with Crippen molar-refractivity contribution in [1.29, 1.82) is 0 Å². The van der Waals surface area contributed by atoms with Crippen molar-refractivity contribution in [2.24, 2.45) is 0 Å². The summed E-state index contributed by atoms with van der Waals surface area (Å²) in [6.45, 7) is 9.07. The molecule has 0 aromatic heterocycles. The molecule has 0 unspecified atom stereocenters. The lowest BCUT2D eigenvalue weighted by Crippen LogP contribution is -2.46. The third-order valence-corrected chi connectivity index (χ3v) is 3.84. The van der Waals surface area contributed by atoms with Crippen molar-refractivity contribution >= 4 is 11.8 Å². The molecule has 1 aliphatic rings. The highest BCUT2D eigenvalue weighted by molar-refractivity contribution is 5.94. The summed E-state index contributed by atoms with van der Waals surface area (Å²) in [6, 6.07) is 9.50. The summed E-state index contributed by atoms with van der Waals surface area (Å²) in [5.41, 5.74) is 0.615. The van der Waals surface area contributed by atoms with E-state index in [1.165, 1.54) is 0 Å². The minimum Gasteiger partial charge on any atom is -0.350 e. The van der Waals surface area contributed by atoms with E-state index in [0.717, 1.165) is 18.5 Å². The lowest BCUT2D eigenvalue weighted by atomic mass is 10.1. The quantitative estimate of drug-likeness (QED) is 0.829. The van der Waals surface area contributed by atoms with Crippen molar-refractivity contribution in [2.75, 3.05) is 32.7 Å². The van der Waals surface area contributed by atoms with Crippen LogP contribution in [0.15, 0.2) is 30.3 Å². The summed E-state index contributed by atoms with van der Waals surface area (Å²) in [5.74, 6) is 5.51. The van der Waals surface area contributed by atoms with E-state index in [1.807, 2.05) is 51.1 Å². The maximum absolute atomic E-state index is 12.3. The molecule has 1 heterocycles. The zero-order valence-corrected chi connectivity index (χ0v) is 15.3. The normalized spacial score (nSPS) is 15.7. The van der Waals surface area contributed by atoms with Crippen LogP contribution in [0.2, 0.25) is 0 Å². The number of carbonyl (C=O) groups excluding carboxylic acids is 2. The SMILES string of the molecule is CC(C)(C)NC(=O)CN1CCCN(C(=O)C#Cc2ccccc2)CC1. The largest absolute Gasteiger partial charge is 0.350 e. The Morgan fingerprint density at radius 3 is 2.48 bits per heavy atom. The van der Waals surface area contributed by atoms with Crippen LogP contribution in [0.4, 0.5) is 0 Å². The van der Waals surface area contributed by atoms with Crippen molar-refractivity contribution in [2.45, 2.75) is 32.7 Å². The second-order valence-electron chi connectivity index (χ2n) is 7.34. The Bertz CT molecular complexity index is 653. The second-order valence-corrected chi connectivity index (χ2v) is 7.34. The summed E-state index contributed by atoms with van der Waals surface area (Å²) in [7, 11) is 0. The van der Waals surface area contributed by atoms with Gasteiger partial charge in [0.2, 0.25) is 5.91 Å². The first-order valence-electron chi connectivity index (χ1n) is 8.73. The average molecular weight is 341 g/mol. The molecule has 1 N–H and O–H groups in total. The number of benzene rings is 1. The van der Waals surface area contributed by atoms with Gasteiger partial charge in [-0.15, -0.1) is 0 Å². The monoisotopic (exact) mass is 341 g/mol. The van der Waals surface area contributed by atoms with E-state index in [9.17, 15) is 9.59 Å². The average Bonchev–Trinajstić information content (AvgIpc) is 2.77. The minimum atomic E-state index is -0.224. The first-order valence-corrected chi connectivity index (χ1v) is 8.73. The Morgan fingerprint density at radius 2 is 1.80 bits per heavy atom. The molecule has 1 fully saturated rings. The molecule has 0 bridgehead atoms. The molecular weight excluding hydrogens is 314 g/mol. The first kappa shape index (κ1) is 19.0. The minimum absolute atomic E-state index is 0.0242. The van der Waals surface area contributed by atoms with Crippen LogP contribution in [-0.2, 0) is 9.59 Å². The Morgan fingerprint density at radius 1 is 1.08 bits per heavy atom. The van der Waals surface area contributed by atoms with E-state index in [4.69, 9.17) is 0 Å². The van der Waals surface area contributed by atoms with Gasteiger partial charge in [-0.3, -0.25) is 14.5 Å². The molecule has 1 saturated heterocycles. The van der Waals surface area contributed by atoms with E-state index in [-0.39, 0.29) is 17.4 Å². The Labute approximate surface area is 150 Å². The van der Waals surface area contributed by atoms with Crippen molar-refractivity contribution in [3.8, 4) is 11.8 Å². The van der Waals surface area contributed by atoms with E-state index >= 15 is 0 Å². The zero-order valence-electron chi connectivity index (χ0n) is 15.3. The van der Waals surface area contributed by atoms with Crippen LogP contribution in [0, 0.1) is 11.8 Å². The number of rotatable bonds is 2. The Balaban J connectivity index is 1.85. The third kappa shape index (κ3) is 6.98. The van der Waals surface area contributed by atoms with Crippen molar-refractivity contribution in [1.82, 2.24) is 15.1 Å². The molecular formula is C20H27N3O2. The molecule has 2 amide bonds. The van der Waals surface area contributed by atoms with Crippen molar-refractivity contribution in [3.05, 3.63) is 35.9 Å². The summed E-state index contributed by atoms with van der Waals surface area (Å²) in [6.07, 6.45) is 0.849. The molecule has 134 valence electrons. The van der Waals surface area contributed by atoms with Gasteiger partial charge >= 0.3 is 0 Å². The smallest absolute Gasteiger partial charge is 0.298 e. The van der Waals surface area contributed by atoms with Crippen LogP contribution in [0.3, 0.4) is 0 Å². The molecule has 1 aliphatic heterocycles. The van der Waals surface area contributed by atoms with Gasteiger partial charge < -0.3 is 10.2 Å². The van der Waals surface area contributed by atoms with Gasteiger partial charge in [0.1, 0.15) is 0 Å². The fourth-order valence-electron chi connectivity index (χ4n) is 2.72. The van der Waals surface area contributed by atoms with Crippen molar-refractivity contribution in [3.63, 3.8) is 0 Å². The number of nitrogens with zero attached hydrogens (tertiary/aromatic N) is 2. The van der Waals surface area contributed by atoms with E-state index < -0.39 is 0 Å². The predicted molar refractivity (Wildman–Crippen MR) is 98.9 cm³/mol. The molecule has 1 aromatic carbocycles. The lowest BCUT2D eigenvalue weighted by Gasteiger charge is -2.24. The summed E-state index contributed by atoms with van der Waals surface area (Å²) in [4.78, 5) is 28.2. The fraction of sp³-hybridized carbons (Fsp3) is 0.500. The zero-order chi connectivity index (χ0) is 18.3. The number of carbonyl (C=O) groups is 2. The van der Waals surface area contributed by atoms with Crippen LogP contribution in [0.5, 0.6) is 0 Å². The molecule has 5 heteroatoms. The van der Waals surface area contributed by atoms with E-state index in [2.05, 4.69) is 22.1 Å². The van der Waals surface area contributed by atoms with Crippen LogP contribution in [-0.4, -0.2) is 59.9 Å². The highest BCUT2D eigenvalue weighted by Gasteiger charge is 2.21. The topological polar surface area (TPSA) is 52.7 Å². The first-order chi connectivity index (χ1) is 11.8. The van der Waals surface area contributed by atoms with Crippen LogP contribution in [0.1, 0.15) is 32.8 Å². The molecule has 0 spiro atoms. The van der Waals surface area contributed by atoms with Crippen LogP contribution < -0.4 is 5.32 Å². The molecule has 0 atom stereocenters. The molecule has 1 aromatic rings. The lowest BCUT2D eigenvalue weighted by molar-refractivity contribution is -0.124. The fourth-order valence-corrected chi connectivity index (χ4v) is 2.72. The predicted octanol–water partition coefficient (Wildman–Crippen LogP) is 1.49. The molecule has 0 radical (unpaired) electrons.